The molecule has 0 saturated carbocycles. The number of fused-ring (bicyclic) bond motifs is 1. The van der Waals surface area contributed by atoms with E-state index in [1.54, 1.807) is 0 Å². The van der Waals surface area contributed by atoms with Crippen molar-refractivity contribution in [1.29, 1.82) is 0 Å². The van der Waals surface area contributed by atoms with Crippen molar-refractivity contribution < 1.29 is 0 Å². The summed E-state index contributed by atoms with van der Waals surface area (Å²) in [5.74, 6) is 0. The number of hydrogen-bond acceptors (Lipinski definition) is 0. The Balaban J connectivity index is 2.09. The van der Waals surface area contributed by atoms with Gasteiger partial charge in [-0.15, -0.1) is 0 Å². The molecule has 1 aliphatic rings. The fourth-order valence-corrected chi connectivity index (χ4v) is 4.27. The van der Waals surface area contributed by atoms with Crippen LogP contribution in [0.25, 0.3) is 6.08 Å². The monoisotopic (exact) mass is 272 g/mol. The van der Waals surface area contributed by atoms with Gasteiger partial charge in [-0.1, -0.05) is 0 Å². The third-order valence-corrected chi connectivity index (χ3v) is 5.13. The molecule has 0 aliphatic carbocycles. The van der Waals surface area contributed by atoms with Gasteiger partial charge in [-0.3, -0.25) is 0 Å². The van der Waals surface area contributed by atoms with Crippen LogP contribution in [-0.2, 0) is 0 Å². The van der Waals surface area contributed by atoms with Crippen molar-refractivity contribution in [2.75, 3.05) is 0 Å². The van der Waals surface area contributed by atoms with Gasteiger partial charge in [0, 0.05) is 0 Å². The predicted octanol–water partition coefficient (Wildman–Crippen LogP) is 3.46. The van der Waals surface area contributed by atoms with Crippen molar-refractivity contribution in [2.24, 2.45) is 0 Å². The van der Waals surface area contributed by atoms with Gasteiger partial charge in [-0.25, -0.2) is 0 Å². The molecular weight excluding hydrogens is 259 g/mol. The SMILES string of the molecule is C1=Cc2ccccc2C(c2ccccc2)[Se]1. The molecule has 1 heteroatoms. The Morgan fingerprint density at radius 3 is 2.44 bits per heavy atom. The average molecular weight is 271 g/mol. The zero-order chi connectivity index (χ0) is 10.8. The third kappa shape index (κ3) is 1.73. The van der Waals surface area contributed by atoms with E-state index in [1.807, 2.05) is 0 Å². The second-order valence-electron chi connectivity index (χ2n) is 3.86. The summed E-state index contributed by atoms with van der Waals surface area (Å²) in [4.78, 5) is 2.93. The Morgan fingerprint density at radius 2 is 1.56 bits per heavy atom. The first-order valence-corrected chi connectivity index (χ1v) is 7.39. The molecule has 0 aromatic heterocycles. The van der Waals surface area contributed by atoms with E-state index in [9.17, 15) is 0 Å². The maximum atomic E-state index is 2.34. The summed E-state index contributed by atoms with van der Waals surface area (Å²) in [6.07, 6.45) is 2.26. The van der Waals surface area contributed by atoms with E-state index in [-0.39, 0.29) is 0 Å². The summed E-state index contributed by atoms with van der Waals surface area (Å²) < 4.78 is 0. The van der Waals surface area contributed by atoms with Gasteiger partial charge in [0.1, 0.15) is 0 Å². The number of benzene rings is 2. The quantitative estimate of drug-likeness (QED) is 0.697. The fourth-order valence-electron chi connectivity index (χ4n) is 2.05. The fraction of sp³-hybridized carbons (Fsp3) is 0.0667. The summed E-state index contributed by atoms with van der Waals surface area (Å²) >= 11 is 0.537. The van der Waals surface area contributed by atoms with Gasteiger partial charge in [0.25, 0.3) is 0 Å². The van der Waals surface area contributed by atoms with E-state index < -0.39 is 0 Å². The van der Waals surface area contributed by atoms with E-state index in [0.29, 0.717) is 19.8 Å². The summed E-state index contributed by atoms with van der Waals surface area (Å²) in [6.45, 7) is 0. The van der Waals surface area contributed by atoms with Gasteiger partial charge >= 0.3 is 102 Å². The molecule has 0 nitrogen and oxygen atoms in total. The van der Waals surface area contributed by atoms with Crippen LogP contribution in [0.1, 0.15) is 21.5 Å². The molecule has 0 radical (unpaired) electrons. The van der Waals surface area contributed by atoms with Crippen LogP contribution in [0.2, 0.25) is 0 Å². The molecule has 1 unspecified atom stereocenters. The van der Waals surface area contributed by atoms with Crippen LogP contribution < -0.4 is 0 Å². The predicted molar refractivity (Wildman–Crippen MR) is 69.5 cm³/mol. The minimum atomic E-state index is 0.537. The first-order chi connectivity index (χ1) is 7.95. The van der Waals surface area contributed by atoms with Crippen LogP contribution in [0, 0.1) is 0 Å². The zero-order valence-corrected chi connectivity index (χ0v) is 10.5. The summed E-state index contributed by atoms with van der Waals surface area (Å²) in [6, 6.07) is 19.5. The Bertz CT molecular complexity index is 514. The van der Waals surface area contributed by atoms with Gasteiger partial charge in [0.2, 0.25) is 0 Å². The molecule has 16 heavy (non-hydrogen) atoms. The number of hydrogen-bond donors (Lipinski definition) is 0. The molecule has 0 amide bonds. The normalized spacial score (nSPS) is 18.1. The van der Waals surface area contributed by atoms with Crippen molar-refractivity contribution in [2.45, 2.75) is 4.82 Å². The van der Waals surface area contributed by atoms with Crippen LogP contribution >= 0.6 is 0 Å². The van der Waals surface area contributed by atoms with Gasteiger partial charge in [-0.2, -0.15) is 0 Å². The van der Waals surface area contributed by atoms with Crippen LogP contribution in [0.5, 0.6) is 0 Å². The third-order valence-electron chi connectivity index (χ3n) is 2.84. The molecule has 0 spiro atoms. The first kappa shape index (κ1) is 9.89. The second kappa shape index (κ2) is 4.29. The van der Waals surface area contributed by atoms with Crippen molar-refractivity contribution in [1.82, 2.24) is 0 Å². The van der Waals surface area contributed by atoms with Crippen molar-refractivity contribution >= 4 is 21.0 Å². The average Bonchev–Trinajstić information content (AvgIpc) is 2.39. The summed E-state index contributed by atoms with van der Waals surface area (Å²) in [5, 5.41) is 0. The van der Waals surface area contributed by atoms with Gasteiger partial charge in [0.15, 0.2) is 0 Å². The van der Waals surface area contributed by atoms with E-state index in [1.165, 1.54) is 16.7 Å². The molecule has 78 valence electrons. The van der Waals surface area contributed by atoms with Crippen molar-refractivity contribution in [3.63, 3.8) is 0 Å². The van der Waals surface area contributed by atoms with E-state index in [2.05, 4.69) is 65.6 Å². The first-order valence-electron chi connectivity index (χ1n) is 5.41. The van der Waals surface area contributed by atoms with E-state index in [4.69, 9.17) is 0 Å². The summed E-state index contributed by atoms with van der Waals surface area (Å²) in [5.41, 5.74) is 4.31. The molecule has 0 fully saturated rings. The van der Waals surface area contributed by atoms with Crippen LogP contribution in [0.15, 0.2) is 59.6 Å². The molecule has 2 aromatic carbocycles. The molecule has 1 aliphatic heterocycles. The van der Waals surface area contributed by atoms with Crippen LogP contribution in [0.4, 0.5) is 0 Å². The Morgan fingerprint density at radius 1 is 0.812 bits per heavy atom. The molecule has 0 bridgehead atoms. The van der Waals surface area contributed by atoms with Gasteiger partial charge in [0.05, 0.1) is 0 Å². The van der Waals surface area contributed by atoms with E-state index in [0.717, 1.165) is 0 Å². The zero-order valence-electron chi connectivity index (χ0n) is 8.84. The van der Waals surface area contributed by atoms with E-state index >= 15 is 0 Å². The Hall–Kier alpha value is -1.30. The summed E-state index contributed by atoms with van der Waals surface area (Å²) in [7, 11) is 0. The molecule has 2 aromatic rings. The standard InChI is InChI=1S/C15H12Se/c1-2-7-13(8-3-1)15-14-9-5-4-6-12(14)10-11-16-15/h1-11,15H. The molecule has 1 heterocycles. The van der Waals surface area contributed by atoms with Crippen molar-refractivity contribution in [3.05, 3.63) is 76.3 Å². The maximum absolute atomic E-state index is 2.34. The van der Waals surface area contributed by atoms with Crippen LogP contribution in [-0.4, -0.2) is 15.0 Å². The number of rotatable bonds is 1. The molecular formula is C15H12Se. The van der Waals surface area contributed by atoms with Crippen molar-refractivity contribution in [3.8, 4) is 0 Å². The Labute approximate surface area is 102 Å². The molecule has 0 saturated heterocycles. The molecule has 0 N–H and O–H groups in total. The van der Waals surface area contributed by atoms with Gasteiger partial charge < -0.3 is 0 Å². The molecule has 3 rings (SSSR count). The van der Waals surface area contributed by atoms with Crippen LogP contribution in [0.3, 0.4) is 0 Å². The molecule has 1 atom stereocenters. The topological polar surface area (TPSA) is 0 Å². The van der Waals surface area contributed by atoms with Gasteiger partial charge in [-0.05, 0) is 0 Å². The Kier molecular flexibility index (Phi) is 2.65. The minimum absolute atomic E-state index is 0.537. The second-order valence-corrected chi connectivity index (χ2v) is 5.99.